The minimum absolute atomic E-state index is 0.0716. The van der Waals surface area contributed by atoms with Crippen LogP contribution >= 0.6 is 11.8 Å². The van der Waals surface area contributed by atoms with Gasteiger partial charge in [0.05, 0.1) is 11.5 Å². The highest BCUT2D eigenvalue weighted by molar-refractivity contribution is 8.00. The van der Waals surface area contributed by atoms with Crippen molar-refractivity contribution in [2.24, 2.45) is 0 Å². The molecule has 0 radical (unpaired) electrons. The third kappa shape index (κ3) is 6.58. The number of halogens is 1. The van der Waals surface area contributed by atoms with E-state index in [1.54, 1.807) is 24.1 Å². The Hall–Kier alpha value is -2.34. The van der Waals surface area contributed by atoms with Crippen LogP contribution in [0.2, 0.25) is 0 Å². The highest BCUT2D eigenvalue weighted by Gasteiger charge is 2.11. The van der Waals surface area contributed by atoms with Crippen LogP contribution in [0.5, 0.6) is 0 Å². The van der Waals surface area contributed by atoms with E-state index in [1.807, 2.05) is 31.2 Å². The first kappa shape index (κ1) is 19.0. The van der Waals surface area contributed by atoms with Crippen molar-refractivity contribution < 1.29 is 14.0 Å². The smallest absolute Gasteiger partial charge is 0.234 e. The Morgan fingerprint density at radius 1 is 1.12 bits per heavy atom. The Morgan fingerprint density at radius 2 is 1.84 bits per heavy atom. The summed E-state index contributed by atoms with van der Waals surface area (Å²) in [6.07, 6.45) is 0. The molecule has 2 aromatic rings. The van der Waals surface area contributed by atoms with Crippen LogP contribution in [-0.4, -0.2) is 35.3 Å². The lowest BCUT2D eigenvalue weighted by molar-refractivity contribution is -0.127. The highest BCUT2D eigenvalue weighted by Crippen LogP contribution is 2.11. The van der Waals surface area contributed by atoms with Crippen molar-refractivity contribution in [1.82, 2.24) is 4.90 Å². The summed E-state index contributed by atoms with van der Waals surface area (Å²) in [5.41, 5.74) is 2.69. The van der Waals surface area contributed by atoms with Crippen molar-refractivity contribution in [1.29, 1.82) is 0 Å². The molecule has 0 unspecified atom stereocenters. The topological polar surface area (TPSA) is 49.4 Å². The van der Waals surface area contributed by atoms with Gasteiger partial charge in [-0.2, -0.15) is 0 Å². The number of nitrogens with zero attached hydrogens (tertiary/aromatic N) is 1. The van der Waals surface area contributed by atoms with E-state index in [0.29, 0.717) is 6.54 Å². The minimum Gasteiger partial charge on any atom is -0.341 e. The molecule has 0 bridgehead atoms. The summed E-state index contributed by atoms with van der Waals surface area (Å²) in [6, 6.07) is 13.6. The fraction of sp³-hybridized carbons (Fsp3) is 0.263. The zero-order valence-corrected chi connectivity index (χ0v) is 15.1. The van der Waals surface area contributed by atoms with Crippen molar-refractivity contribution in [3.63, 3.8) is 0 Å². The van der Waals surface area contributed by atoms with Gasteiger partial charge < -0.3 is 10.2 Å². The monoisotopic (exact) mass is 360 g/mol. The molecule has 0 saturated heterocycles. The van der Waals surface area contributed by atoms with Crippen LogP contribution in [0.1, 0.15) is 11.1 Å². The van der Waals surface area contributed by atoms with Crippen molar-refractivity contribution in [3.8, 4) is 0 Å². The molecule has 6 heteroatoms. The molecule has 0 saturated carbocycles. The van der Waals surface area contributed by atoms with Gasteiger partial charge in [0.25, 0.3) is 0 Å². The lowest BCUT2D eigenvalue weighted by Crippen LogP contribution is -2.28. The standard InChI is InChI=1S/C19H21FN2O2S/c1-14-4-3-5-17(10-14)21-18(23)12-25-13-19(24)22(2)11-15-6-8-16(20)9-7-15/h3-10H,11-13H2,1-2H3,(H,21,23). The fourth-order valence-electron chi connectivity index (χ4n) is 2.21. The first-order chi connectivity index (χ1) is 11.9. The van der Waals surface area contributed by atoms with Crippen LogP contribution in [-0.2, 0) is 16.1 Å². The second kappa shape index (κ2) is 9.22. The minimum atomic E-state index is -0.298. The second-order valence-corrected chi connectivity index (χ2v) is 6.77. The normalized spacial score (nSPS) is 10.4. The molecule has 0 spiro atoms. The quantitative estimate of drug-likeness (QED) is 0.823. The summed E-state index contributed by atoms with van der Waals surface area (Å²) >= 11 is 1.27. The average molecular weight is 360 g/mol. The summed E-state index contributed by atoms with van der Waals surface area (Å²) < 4.78 is 12.9. The van der Waals surface area contributed by atoms with Crippen LogP contribution < -0.4 is 5.32 Å². The van der Waals surface area contributed by atoms with Crippen LogP contribution in [0.4, 0.5) is 10.1 Å². The molecule has 0 aliphatic rings. The number of aryl methyl sites for hydroxylation is 1. The molecule has 1 N–H and O–H groups in total. The molecule has 2 rings (SSSR count). The van der Waals surface area contributed by atoms with E-state index in [0.717, 1.165) is 16.8 Å². The molecule has 0 aliphatic heterocycles. The molecule has 2 amide bonds. The third-order valence-corrected chi connectivity index (χ3v) is 4.44. The van der Waals surface area contributed by atoms with Gasteiger partial charge in [0.15, 0.2) is 0 Å². The predicted molar refractivity (Wildman–Crippen MR) is 100 cm³/mol. The van der Waals surface area contributed by atoms with Crippen molar-refractivity contribution >= 4 is 29.3 Å². The summed E-state index contributed by atoms with van der Waals surface area (Å²) in [7, 11) is 1.69. The number of nitrogens with one attached hydrogen (secondary N) is 1. The summed E-state index contributed by atoms with van der Waals surface area (Å²) in [5.74, 6) is -0.0709. The van der Waals surface area contributed by atoms with E-state index < -0.39 is 0 Å². The van der Waals surface area contributed by atoms with E-state index >= 15 is 0 Å². The molecule has 0 aromatic heterocycles. The van der Waals surface area contributed by atoms with E-state index in [-0.39, 0.29) is 29.1 Å². The Bertz CT molecular complexity index is 734. The molecular weight excluding hydrogens is 339 g/mol. The van der Waals surface area contributed by atoms with Crippen molar-refractivity contribution in [2.45, 2.75) is 13.5 Å². The number of rotatable bonds is 7. The maximum Gasteiger partial charge on any atom is 0.234 e. The summed E-state index contributed by atoms with van der Waals surface area (Å²) in [6.45, 7) is 2.37. The van der Waals surface area contributed by atoms with Crippen molar-refractivity contribution in [2.75, 3.05) is 23.9 Å². The van der Waals surface area contributed by atoms with Gasteiger partial charge in [-0.1, -0.05) is 24.3 Å². The van der Waals surface area contributed by atoms with Gasteiger partial charge >= 0.3 is 0 Å². The Labute approximate surface area is 151 Å². The fourth-order valence-corrected chi connectivity index (χ4v) is 2.97. The number of carbonyl (C=O) groups is 2. The molecule has 25 heavy (non-hydrogen) atoms. The number of amides is 2. The molecule has 4 nitrogen and oxygen atoms in total. The molecule has 2 aromatic carbocycles. The molecule has 132 valence electrons. The second-order valence-electron chi connectivity index (χ2n) is 5.79. The highest BCUT2D eigenvalue weighted by atomic mass is 32.2. The summed E-state index contributed by atoms with van der Waals surface area (Å²) in [5, 5.41) is 2.81. The average Bonchev–Trinajstić information content (AvgIpc) is 2.56. The van der Waals surface area contributed by atoms with Crippen molar-refractivity contribution in [3.05, 3.63) is 65.5 Å². The van der Waals surface area contributed by atoms with Gasteiger partial charge in [0.1, 0.15) is 5.82 Å². The predicted octanol–water partition coefficient (Wildman–Crippen LogP) is 3.46. The molecular formula is C19H21FN2O2S. The zero-order chi connectivity index (χ0) is 18.2. The number of carbonyl (C=O) groups excluding carboxylic acids is 2. The lowest BCUT2D eigenvalue weighted by Gasteiger charge is -2.17. The van der Waals surface area contributed by atoms with Gasteiger partial charge in [-0.15, -0.1) is 11.8 Å². The number of anilines is 1. The number of hydrogen-bond donors (Lipinski definition) is 1. The Morgan fingerprint density at radius 3 is 2.52 bits per heavy atom. The third-order valence-electron chi connectivity index (χ3n) is 3.52. The number of thioether (sulfide) groups is 1. The van der Waals surface area contributed by atoms with Crippen LogP contribution in [0.25, 0.3) is 0 Å². The van der Waals surface area contributed by atoms with Crippen LogP contribution in [0, 0.1) is 12.7 Å². The van der Waals surface area contributed by atoms with Crippen LogP contribution in [0.3, 0.4) is 0 Å². The maximum absolute atomic E-state index is 12.9. The van der Waals surface area contributed by atoms with Gasteiger partial charge in [-0.05, 0) is 42.3 Å². The van der Waals surface area contributed by atoms with E-state index in [9.17, 15) is 14.0 Å². The maximum atomic E-state index is 12.9. The molecule has 0 heterocycles. The summed E-state index contributed by atoms with van der Waals surface area (Å²) in [4.78, 5) is 25.6. The number of hydrogen-bond acceptors (Lipinski definition) is 3. The van der Waals surface area contributed by atoms with Gasteiger partial charge in [-0.3, -0.25) is 9.59 Å². The van der Waals surface area contributed by atoms with Gasteiger partial charge in [0, 0.05) is 19.3 Å². The zero-order valence-electron chi connectivity index (χ0n) is 14.3. The Balaban J connectivity index is 1.72. The number of benzene rings is 2. The Kier molecular flexibility index (Phi) is 7.01. The largest absolute Gasteiger partial charge is 0.341 e. The van der Waals surface area contributed by atoms with E-state index in [2.05, 4.69) is 5.32 Å². The van der Waals surface area contributed by atoms with Crippen LogP contribution in [0.15, 0.2) is 48.5 Å². The SMILES string of the molecule is Cc1cccc(NC(=O)CSCC(=O)N(C)Cc2ccc(F)cc2)c1. The van der Waals surface area contributed by atoms with E-state index in [1.165, 1.54) is 23.9 Å². The first-order valence-electron chi connectivity index (χ1n) is 7.87. The molecule has 0 atom stereocenters. The lowest BCUT2D eigenvalue weighted by atomic mass is 10.2. The molecule has 0 aliphatic carbocycles. The van der Waals surface area contributed by atoms with Gasteiger partial charge in [-0.25, -0.2) is 4.39 Å². The molecule has 0 fully saturated rings. The van der Waals surface area contributed by atoms with Gasteiger partial charge in [0.2, 0.25) is 11.8 Å². The van der Waals surface area contributed by atoms with E-state index in [4.69, 9.17) is 0 Å². The first-order valence-corrected chi connectivity index (χ1v) is 9.02.